The van der Waals surface area contributed by atoms with Crippen LogP contribution >= 0.6 is 0 Å². The van der Waals surface area contributed by atoms with Crippen molar-refractivity contribution in [3.8, 4) is 0 Å². The third kappa shape index (κ3) is 5.74. The predicted molar refractivity (Wildman–Crippen MR) is 33.7 cm³/mol. The molecule has 0 heterocycles. The van der Waals surface area contributed by atoms with Crippen LogP contribution in [0.5, 0.6) is 0 Å². The maximum atomic E-state index is 3.67. The Kier molecular flexibility index (Phi) is 5.53. The predicted octanol–water partition coefficient (Wildman–Crippen LogP) is 2.38. The van der Waals surface area contributed by atoms with Crippen molar-refractivity contribution in [2.75, 3.05) is 0 Å². The summed E-state index contributed by atoms with van der Waals surface area (Å²) in [5.41, 5.74) is 0. The average molecular weight is 96.2 g/mol. The van der Waals surface area contributed by atoms with E-state index in [9.17, 15) is 0 Å². The Hall–Kier alpha value is -0.260. The Labute approximate surface area is 46.2 Å². The van der Waals surface area contributed by atoms with E-state index in [-0.39, 0.29) is 0 Å². The summed E-state index contributed by atoms with van der Waals surface area (Å²) in [5, 5.41) is 0. The zero-order chi connectivity index (χ0) is 5.54. The molecule has 0 saturated heterocycles. The average Bonchev–Trinajstić information content (AvgIpc) is 1.69. The molecule has 0 nitrogen and oxygen atoms in total. The molecule has 0 atom stereocenters. The molecule has 0 aliphatic heterocycles. The van der Waals surface area contributed by atoms with Gasteiger partial charge in [-0.1, -0.05) is 19.1 Å². The fourth-order valence-corrected chi connectivity index (χ4v) is 0.350. The van der Waals surface area contributed by atoms with Crippen LogP contribution in [0, 0.1) is 13.3 Å². The second kappa shape index (κ2) is 5.74. The normalized spacial score (nSPS) is 10.6. The van der Waals surface area contributed by atoms with Gasteiger partial charge >= 0.3 is 0 Å². The molecule has 40 valence electrons. The zero-order valence-electron chi connectivity index (χ0n) is 4.85. The fourth-order valence-electron chi connectivity index (χ4n) is 0.350. The van der Waals surface area contributed by atoms with Crippen LogP contribution in [0.4, 0.5) is 0 Å². The largest absolute Gasteiger partial charge is 0.0917 e. The molecule has 0 amide bonds. The number of unbranched alkanes of at least 4 members (excludes halogenated alkanes) is 2. The quantitative estimate of drug-likeness (QED) is 0.374. The van der Waals surface area contributed by atoms with E-state index in [1.54, 1.807) is 0 Å². The highest BCUT2D eigenvalue weighted by atomic mass is 13.8. The lowest BCUT2D eigenvalue weighted by molar-refractivity contribution is 1.10. The van der Waals surface area contributed by atoms with Gasteiger partial charge in [0.05, 0.1) is 0 Å². The van der Waals surface area contributed by atoms with Crippen LogP contribution in [0.3, 0.4) is 0 Å². The van der Waals surface area contributed by atoms with E-state index in [2.05, 4.69) is 19.4 Å². The Bertz CT molecular complexity index is 44.0. The first kappa shape index (κ1) is 6.74. The highest BCUT2D eigenvalue weighted by molar-refractivity contribution is 4.83. The van der Waals surface area contributed by atoms with E-state index >= 15 is 0 Å². The maximum absolute atomic E-state index is 3.67. The SMILES string of the molecule is [CH2]C[CH]C/C=C/C. The molecule has 0 aromatic heterocycles. The monoisotopic (exact) mass is 96.1 g/mol. The van der Waals surface area contributed by atoms with E-state index in [0.717, 1.165) is 12.8 Å². The van der Waals surface area contributed by atoms with Crippen LogP contribution in [-0.2, 0) is 0 Å². The molecular weight excluding hydrogens is 84.1 g/mol. The van der Waals surface area contributed by atoms with E-state index < -0.39 is 0 Å². The summed E-state index contributed by atoms with van der Waals surface area (Å²) in [7, 11) is 0. The van der Waals surface area contributed by atoms with Gasteiger partial charge in [0.25, 0.3) is 0 Å². The van der Waals surface area contributed by atoms with Crippen LogP contribution in [0.2, 0.25) is 0 Å². The molecule has 0 aliphatic carbocycles. The van der Waals surface area contributed by atoms with Gasteiger partial charge in [-0.2, -0.15) is 0 Å². The van der Waals surface area contributed by atoms with Crippen LogP contribution in [-0.4, -0.2) is 0 Å². The minimum absolute atomic E-state index is 0.935. The van der Waals surface area contributed by atoms with Gasteiger partial charge < -0.3 is 0 Å². The molecule has 0 aliphatic rings. The summed E-state index contributed by atoms with van der Waals surface area (Å²) in [6, 6.07) is 0. The molecule has 0 bridgehead atoms. The van der Waals surface area contributed by atoms with Gasteiger partial charge in [0.15, 0.2) is 0 Å². The van der Waals surface area contributed by atoms with Gasteiger partial charge in [0.1, 0.15) is 0 Å². The molecular formula is C7H12. The van der Waals surface area contributed by atoms with Crippen molar-refractivity contribution < 1.29 is 0 Å². The number of hydrogen-bond donors (Lipinski definition) is 0. The Morgan fingerprint density at radius 3 is 2.71 bits per heavy atom. The molecule has 0 fully saturated rings. The van der Waals surface area contributed by atoms with Crippen LogP contribution < -0.4 is 0 Å². The molecule has 0 N–H and O–H groups in total. The second-order valence-electron chi connectivity index (χ2n) is 1.38. The third-order valence-corrected chi connectivity index (χ3v) is 0.743. The van der Waals surface area contributed by atoms with E-state index in [1.807, 2.05) is 13.0 Å². The van der Waals surface area contributed by atoms with Crippen molar-refractivity contribution in [2.24, 2.45) is 0 Å². The molecule has 0 rings (SSSR count). The summed E-state index contributed by atoms with van der Waals surface area (Å²) < 4.78 is 0. The molecule has 7 heavy (non-hydrogen) atoms. The highest BCUT2D eigenvalue weighted by Crippen LogP contribution is 1.91. The van der Waals surface area contributed by atoms with Gasteiger partial charge in [-0.15, -0.1) is 0 Å². The maximum Gasteiger partial charge on any atom is -0.0320 e. The lowest BCUT2D eigenvalue weighted by Crippen LogP contribution is -1.65. The van der Waals surface area contributed by atoms with Gasteiger partial charge in [-0.25, -0.2) is 0 Å². The second-order valence-corrected chi connectivity index (χ2v) is 1.38. The third-order valence-electron chi connectivity index (χ3n) is 0.743. The molecule has 0 saturated carbocycles. The van der Waals surface area contributed by atoms with Gasteiger partial charge in [0, 0.05) is 0 Å². The van der Waals surface area contributed by atoms with Gasteiger partial charge in [-0.3, -0.25) is 0 Å². The summed E-state index contributed by atoms with van der Waals surface area (Å²) >= 11 is 0. The van der Waals surface area contributed by atoms with Gasteiger partial charge in [0.2, 0.25) is 0 Å². The standard InChI is InChI=1S/C7H12/c1-3-5-7-6-4-2/h4-6H,1,3,7H2,2H3/b6-4+. The van der Waals surface area contributed by atoms with Crippen LogP contribution in [0.25, 0.3) is 0 Å². The molecule has 0 aromatic carbocycles. The number of hydrogen-bond acceptors (Lipinski definition) is 0. The summed E-state index contributed by atoms with van der Waals surface area (Å²) in [6.45, 7) is 5.69. The van der Waals surface area contributed by atoms with Crippen molar-refractivity contribution in [1.82, 2.24) is 0 Å². The molecule has 0 spiro atoms. The van der Waals surface area contributed by atoms with Gasteiger partial charge in [-0.05, 0) is 26.2 Å². The van der Waals surface area contributed by atoms with Crippen LogP contribution in [0.15, 0.2) is 12.2 Å². The Balaban J connectivity index is 2.69. The lowest BCUT2D eigenvalue weighted by atomic mass is 10.2. The summed E-state index contributed by atoms with van der Waals surface area (Å²) in [6.07, 6.45) is 8.31. The Morgan fingerprint density at radius 1 is 1.57 bits per heavy atom. The highest BCUT2D eigenvalue weighted by Gasteiger charge is 1.73. The van der Waals surface area contributed by atoms with Crippen molar-refractivity contribution in [3.05, 3.63) is 25.5 Å². The van der Waals surface area contributed by atoms with Crippen molar-refractivity contribution >= 4 is 0 Å². The minimum Gasteiger partial charge on any atom is -0.0917 e. The topological polar surface area (TPSA) is 0 Å². The number of allylic oxidation sites excluding steroid dienone is 2. The molecule has 0 aromatic rings. The first-order valence-electron chi connectivity index (χ1n) is 2.64. The zero-order valence-corrected chi connectivity index (χ0v) is 4.85. The van der Waals surface area contributed by atoms with E-state index in [0.29, 0.717) is 0 Å². The summed E-state index contributed by atoms with van der Waals surface area (Å²) in [4.78, 5) is 0. The van der Waals surface area contributed by atoms with Crippen LogP contribution in [0.1, 0.15) is 19.8 Å². The van der Waals surface area contributed by atoms with E-state index in [1.165, 1.54) is 0 Å². The molecule has 0 unspecified atom stereocenters. The first-order chi connectivity index (χ1) is 3.41. The fraction of sp³-hybridized carbons (Fsp3) is 0.429. The molecule has 0 heteroatoms. The van der Waals surface area contributed by atoms with E-state index in [4.69, 9.17) is 0 Å². The Morgan fingerprint density at radius 2 is 2.29 bits per heavy atom. The summed E-state index contributed by atoms with van der Waals surface area (Å²) in [5.74, 6) is 0. The molecule has 2 radical (unpaired) electrons. The smallest absolute Gasteiger partial charge is 0.0320 e. The lowest BCUT2D eigenvalue weighted by Gasteiger charge is -1.83. The van der Waals surface area contributed by atoms with Crippen molar-refractivity contribution in [3.63, 3.8) is 0 Å². The van der Waals surface area contributed by atoms with Crippen molar-refractivity contribution in [1.29, 1.82) is 0 Å². The van der Waals surface area contributed by atoms with Crippen molar-refractivity contribution in [2.45, 2.75) is 19.8 Å². The number of rotatable bonds is 3. The first-order valence-corrected chi connectivity index (χ1v) is 2.64. The minimum atomic E-state index is 0.935.